The number of aromatic nitrogens is 5. The molecule has 1 aliphatic carbocycles. The van der Waals surface area contributed by atoms with Gasteiger partial charge in [-0.05, 0) is 101 Å². The number of pyridine rings is 2. The van der Waals surface area contributed by atoms with Gasteiger partial charge >= 0.3 is 0 Å². The normalized spacial score (nSPS) is 12.8. The van der Waals surface area contributed by atoms with E-state index in [4.69, 9.17) is 29.7 Å². The average molecular weight is 822 g/mol. The summed E-state index contributed by atoms with van der Waals surface area (Å²) in [5.41, 5.74) is 17.2. The average Bonchev–Trinajstić information content (AvgIpc) is 3.65. The van der Waals surface area contributed by atoms with Crippen LogP contribution in [0.15, 0.2) is 200 Å². The summed E-state index contributed by atoms with van der Waals surface area (Å²) >= 11 is 0. The van der Waals surface area contributed by atoms with Crippen molar-refractivity contribution in [3.63, 3.8) is 0 Å². The number of benzene rings is 7. The van der Waals surface area contributed by atoms with Crippen molar-refractivity contribution >= 4 is 0 Å². The van der Waals surface area contributed by atoms with Gasteiger partial charge in [0.25, 0.3) is 0 Å². The van der Waals surface area contributed by atoms with Crippen LogP contribution in [0.2, 0.25) is 0 Å². The standard InChI is InChI=1S/C58H39N5O/c1-36-34-59-53(39-17-7-4-8-18-39)33-47(36)43-27-29-52(60-35-43)46-23-14-26-50-55(46)64-54-30-28-42(32-51(54)58(50)48-24-11-9-21-44(48)45-22-10-12-25-49(45)58)57-62-37(2)61-56(63-57)41-20-13-19-40(31-41)38-15-5-3-6-16-38/h3-35H,1-2H3. The highest BCUT2D eigenvalue weighted by Gasteiger charge is 2.51. The highest BCUT2D eigenvalue weighted by molar-refractivity contribution is 5.91. The molecule has 0 saturated carbocycles. The second kappa shape index (κ2) is 14.9. The van der Waals surface area contributed by atoms with E-state index >= 15 is 0 Å². The minimum absolute atomic E-state index is 0.606. The molecule has 7 aromatic carbocycles. The molecule has 12 rings (SSSR count). The van der Waals surface area contributed by atoms with Crippen LogP contribution in [0.3, 0.4) is 0 Å². The molecule has 6 heteroatoms. The summed E-state index contributed by atoms with van der Waals surface area (Å²) in [6.07, 6.45) is 3.91. The van der Waals surface area contributed by atoms with Gasteiger partial charge in [0.05, 0.1) is 16.8 Å². The molecule has 64 heavy (non-hydrogen) atoms. The van der Waals surface area contributed by atoms with Crippen LogP contribution in [0.25, 0.3) is 78.7 Å². The Morgan fingerprint density at radius 3 is 1.67 bits per heavy atom. The van der Waals surface area contributed by atoms with Crippen molar-refractivity contribution in [2.45, 2.75) is 19.3 Å². The van der Waals surface area contributed by atoms with Gasteiger partial charge in [-0.2, -0.15) is 0 Å². The Kier molecular flexibility index (Phi) is 8.73. The van der Waals surface area contributed by atoms with E-state index in [1.807, 2.05) is 43.6 Å². The lowest BCUT2D eigenvalue weighted by Crippen LogP contribution is -2.32. The van der Waals surface area contributed by atoms with Crippen molar-refractivity contribution < 1.29 is 4.74 Å². The maximum absolute atomic E-state index is 7.14. The quantitative estimate of drug-likeness (QED) is 0.166. The van der Waals surface area contributed by atoms with E-state index in [2.05, 4.69) is 171 Å². The van der Waals surface area contributed by atoms with Crippen LogP contribution in [-0.4, -0.2) is 24.9 Å². The Balaban J connectivity index is 1.00. The molecule has 0 bridgehead atoms. The molecular formula is C58H39N5O. The first-order chi connectivity index (χ1) is 31.5. The van der Waals surface area contributed by atoms with Crippen molar-refractivity contribution in [3.05, 3.63) is 234 Å². The second-order valence-electron chi connectivity index (χ2n) is 16.5. The number of ether oxygens (including phenoxy) is 1. The predicted molar refractivity (Wildman–Crippen MR) is 255 cm³/mol. The second-order valence-corrected chi connectivity index (χ2v) is 16.5. The summed E-state index contributed by atoms with van der Waals surface area (Å²) in [4.78, 5) is 24.8. The number of rotatable bonds is 6. The van der Waals surface area contributed by atoms with Gasteiger partial charge in [-0.3, -0.25) is 9.97 Å². The molecule has 1 aliphatic heterocycles. The molecule has 0 amide bonds. The zero-order valence-corrected chi connectivity index (χ0v) is 35.2. The molecule has 0 unspecified atom stereocenters. The van der Waals surface area contributed by atoms with Crippen LogP contribution in [0.4, 0.5) is 0 Å². The molecule has 0 fully saturated rings. The number of fused-ring (bicyclic) bond motifs is 9. The van der Waals surface area contributed by atoms with Crippen molar-refractivity contribution in [3.8, 4) is 90.2 Å². The summed E-state index contributed by atoms with van der Waals surface area (Å²) in [7, 11) is 0. The van der Waals surface area contributed by atoms with E-state index < -0.39 is 5.41 Å². The molecule has 0 saturated heterocycles. The van der Waals surface area contributed by atoms with Gasteiger partial charge in [0, 0.05) is 51.3 Å². The Morgan fingerprint density at radius 2 is 0.953 bits per heavy atom. The molecule has 3 aromatic heterocycles. The predicted octanol–water partition coefficient (Wildman–Crippen LogP) is 13.7. The van der Waals surface area contributed by atoms with Crippen molar-refractivity contribution in [2.24, 2.45) is 0 Å². The van der Waals surface area contributed by atoms with E-state index in [0.29, 0.717) is 17.5 Å². The number of nitrogens with zero attached hydrogens (tertiary/aromatic N) is 5. The Hall–Kier alpha value is -8.35. The minimum Gasteiger partial charge on any atom is -0.456 e. The SMILES string of the molecule is Cc1nc(-c2cccc(-c3ccccc3)c2)nc(-c2ccc3c(c2)C2(c4ccccc4-c4ccccc42)c2cccc(-c4ccc(-c5cc(-c6ccccc6)ncc5C)cn4)c2O3)n1. The van der Waals surface area contributed by atoms with Crippen LogP contribution in [0, 0.1) is 13.8 Å². The third kappa shape index (κ3) is 5.98. The molecule has 0 radical (unpaired) electrons. The molecule has 10 aromatic rings. The van der Waals surface area contributed by atoms with Crippen LogP contribution in [0.1, 0.15) is 33.6 Å². The van der Waals surface area contributed by atoms with Gasteiger partial charge in [0.15, 0.2) is 11.6 Å². The zero-order valence-electron chi connectivity index (χ0n) is 35.2. The van der Waals surface area contributed by atoms with Crippen molar-refractivity contribution in [1.29, 1.82) is 0 Å². The largest absolute Gasteiger partial charge is 0.456 e. The minimum atomic E-state index is -0.709. The third-order valence-corrected chi connectivity index (χ3v) is 12.7. The van der Waals surface area contributed by atoms with E-state index in [9.17, 15) is 0 Å². The number of hydrogen-bond donors (Lipinski definition) is 0. The van der Waals surface area contributed by atoms with Crippen molar-refractivity contribution in [1.82, 2.24) is 24.9 Å². The van der Waals surface area contributed by atoms with E-state index in [0.717, 1.165) is 84.1 Å². The summed E-state index contributed by atoms with van der Waals surface area (Å²) in [5.74, 6) is 3.44. The van der Waals surface area contributed by atoms with E-state index in [-0.39, 0.29) is 0 Å². The molecular weight excluding hydrogens is 783 g/mol. The lowest BCUT2D eigenvalue weighted by Gasteiger charge is -2.40. The fourth-order valence-corrected chi connectivity index (χ4v) is 9.79. The Bertz CT molecular complexity index is 3390. The highest BCUT2D eigenvalue weighted by Crippen LogP contribution is 2.63. The van der Waals surface area contributed by atoms with Crippen LogP contribution >= 0.6 is 0 Å². The number of hydrogen-bond acceptors (Lipinski definition) is 6. The first-order valence-corrected chi connectivity index (χ1v) is 21.6. The number of aryl methyl sites for hydroxylation is 2. The third-order valence-electron chi connectivity index (χ3n) is 12.7. The van der Waals surface area contributed by atoms with Crippen LogP contribution in [-0.2, 0) is 5.41 Å². The first-order valence-electron chi connectivity index (χ1n) is 21.6. The van der Waals surface area contributed by atoms with Crippen LogP contribution in [0.5, 0.6) is 11.5 Å². The summed E-state index contributed by atoms with van der Waals surface area (Å²) in [6, 6.07) is 65.9. The zero-order chi connectivity index (χ0) is 42.8. The van der Waals surface area contributed by atoms with Crippen LogP contribution < -0.4 is 4.74 Å². The topological polar surface area (TPSA) is 73.7 Å². The van der Waals surface area contributed by atoms with E-state index in [1.165, 1.54) is 22.3 Å². The van der Waals surface area contributed by atoms with Gasteiger partial charge < -0.3 is 4.74 Å². The summed E-state index contributed by atoms with van der Waals surface area (Å²) < 4.78 is 7.14. The Labute approximate surface area is 371 Å². The molecule has 6 nitrogen and oxygen atoms in total. The molecule has 0 atom stereocenters. The van der Waals surface area contributed by atoms with Crippen molar-refractivity contribution in [2.75, 3.05) is 0 Å². The summed E-state index contributed by atoms with van der Waals surface area (Å²) in [6.45, 7) is 4.03. The molecule has 302 valence electrons. The molecule has 4 heterocycles. The van der Waals surface area contributed by atoms with Gasteiger partial charge in [0.2, 0.25) is 0 Å². The lowest BCUT2D eigenvalue weighted by atomic mass is 9.65. The maximum atomic E-state index is 7.14. The highest BCUT2D eigenvalue weighted by atomic mass is 16.5. The lowest BCUT2D eigenvalue weighted by molar-refractivity contribution is 0.438. The molecule has 2 aliphatic rings. The van der Waals surface area contributed by atoms with Gasteiger partial charge in [-0.15, -0.1) is 0 Å². The van der Waals surface area contributed by atoms with E-state index in [1.54, 1.807) is 0 Å². The first kappa shape index (κ1) is 37.4. The van der Waals surface area contributed by atoms with Gasteiger partial charge in [-0.25, -0.2) is 15.0 Å². The van der Waals surface area contributed by atoms with Gasteiger partial charge in [0.1, 0.15) is 17.3 Å². The maximum Gasteiger partial charge on any atom is 0.163 e. The fourth-order valence-electron chi connectivity index (χ4n) is 9.79. The Morgan fingerprint density at radius 1 is 0.375 bits per heavy atom. The fraction of sp³-hybridized carbons (Fsp3) is 0.0517. The smallest absolute Gasteiger partial charge is 0.163 e. The molecule has 0 N–H and O–H groups in total. The summed E-state index contributed by atoms with van der Waals surface area (Å²) in [5, 5.41) is 0. The molecule has 1 spiro atoms. The monoisotopic (exact) mass is 821 g/mol. The van der Waals surface area contributed by atoms with Gasteiger partial charge in [-0.1, -0.05) is 146 Å². The number of para-hydroxylation sites is 1.